The second-order valence-electron chi connectivity index (χ2n) is 2.95. The fourth-order valence-electron chi connectivity index (χ4n) is 1.33. The Labute approximate surface area is 87.9 Å². The van der Waals surface area contributed by atoms with Gasteiger partial charge in [-0.1, -0.05) is 15.9 Å². The van der Waals surface area contributed by atoms with E-state index in [0.717, 1.165) is 17.4 Å². The molecule has 2 aromatic rings. The molecule has 0 fully saturated rings. The van der Waals surface area contributed by atoms with Crippen LogP contribution in [0.5, 0.6) is 0 Å². The van der Waals surface area contributed by atoms with Crippen molar-refractivity contribution < 1.29 is 0 Å². The van der Waals surface area contributed by atoms with Gasteiger partial charge < -0.3 is 10.7 Å². The average Bonchev–Trinajstić information content (AvgIpc) is 2.48. The van der Waals surface area contributed by atoms with Gasteiger partial charge in [0.25, 0.3) is 5.56 Å². The van der Waals surface area contributed by atoms with Crippen LogP contribution in [-0.4, -0.2) is 20.3 Å². The first kappa shape index (κ1) is 9.26. The normalized spacial score (nSPS) is 10.9. The zero-order valence-corrected chi connectivity index (χ0v) is 8.89. The molecule has 0 radical (unpaired) electrons. The lowest BCUT2D eigenvalue weighted by molar-refractivity contribution is 1.08. The van der Waals surface area contributed by atoms with E-state index in [0.29, 0.717) is 11.0 Å². The number of rotatable bonds is 2. The third-order valence-electron chi connectivity index (χ3n) is 1.93. The zero-order valence-electron chi connectivity index (χ0n) is 7.30. The van der Waals surface area contributed by atoms with Gasteiger partial charge in [-0.25, -0.2) is 0 Å². The van der Waals surface area contributed by atoms with E-state index in [1.165, 1.54) is 0 Å². The number of hydrogen-bond donors (Lipinski definition) is 3. The van der Waals surface area contributed by atoms with Crippen LogP contribution in [-0.2, 0) is 6.42 Å². The van der Waals surface area contributed by atoms with Crippen molar-refractivity contribution in [2.24, 2.45) is 0 Å². The lowest BCUT2D eigenvalue weighted by Crippen LogP contribution is -2.09. The lowest BCUT2D eigenvalue weighted by Gasteiger charge is -1.91. The number of fused-ring (bicyclic) bond motifs is 1. The number of aromatic amines is 2. The van der Waals surface area contributed by atoms with Crippen molar-refractivity contribution in [2.45, 2.75) is 6.42 Å². The molecule has 0 bridgehead atoms. The molecule has 2 rings (SSSR count). The van der Waals surface area contributed by atoms with Crippen LogP contribution in [0.4, 0.5) is 5.95 Å². The highest BCUT2D eigenvalue weighted by molar-refractivity contribution is 9.09. The van der Waals surface area contributed by atoms with Crippen LogP contribution >= 0.6 is 15.9 Å². The molecule has 0 saturated heterocycles. The molecule has 0 unspecified atom stereocenters. The van der Waals surface area contributed by atoms with Gasteiger partial charge in [0.2, 0.25) is 5.95 Å². The monoisotopic (exact) mass is 256 g/mol. The number of aromatic nitrogens is 3. The van der Waals surface area contributed by atoms with E-state index in [1.807, 2.05) is 0 Å². The summed E-state index contributed by atoms with van der Waals surface area (Å²) >= 11 is 3.33. The summed E-state index contributed by atoms with van der Waals surface area (Å²) < 4.78 is 0. The van der Waals surface area contributed by atoms with Gasteiger partial charge in [0.1, 0.15) is 5.65 Å². The molecular formula is C8H9BrN4O. The summed E-state index contributed by atoms with van der Waals surface area (Å²) in [6, 6.07) is 1.79. The van der Waals surface area contributed by atoms with E-state index in [9.17, 15) is 4.79 Å². The SMILES string of the molecule is Nc1nc2[nH]c(CCBr)cc2c(=O)[nH]1. The van der Waals surface area contributed by atoms with E-state index in [2.05, 4.69) is 30.9 Å². The molecule has 4 N–H and O–H groups in total. The van der Waals surface area contributed by atoms with Gasteiger partial charge in [0, 0.05) is 11.0 Å². The largest absolute Gasteiger partial charge is 0.369 e. The highest BCUT2D eigenvalue weighted by Gasteiger charge is 2.05. The second-order valence-corrected chi connectivity index (χ2v) is 3.74. The van der Waals surface area contributed by atoms with Gasteiger partial charge >= 0.3 is 0 Å². The molecule has 0 aliphatic carbocycles. The first-order chi connectivity index (χ1) is 6.70. The molecule has 0 aliphatic rings. The molecule has 5 nitrogen and oxygen atoms in total. The predicted molar refractivity (Wildman–Crippen MR) is 58.6 cm³/mol. The number of alkyl halides is 1. The lowest BCUT2D eigenvalue weighted by atomic mass is 10.3. The summed E-state index contributed by atoms with van der Waals surface area (Å²) in [5, 5.41) is 1.39. The molecular weight excluding hydrogens is 248 g/mol. The van der Waals surface area contributed by atoms with Crippen LogP contribution in [0.3, 0.4) is 0 Å². The number of nitrogens with zero attached hydrogens (tertiary/aromatic N) is 1. The highest BCUT2D eigenvalue weighted by atomic mass is 79.9. The molecule has 2 aromatic heterocycles. The second kappa shape index (κ2) is 3.45. The third kappa shape index (κ3) is 1.52. The Morgan fingerprint density at radius 2 is 2.29 bits per heavy atom. The van der Waals surface area contributed by atoms with Gasteiger partial charge in [0.05, 0.1) is 5.39 Å². The molecule has 74 valence electrons. The molecule has 2 heterocycles. The highest BCUT2D eigenvalue weighted by Crippen LogP contribution is 2.10. The van der Waals surface area contributed by atoms with Crippen molar-refractivity contribution in [1.29, 1.82) is 0 Å². The molecule has 0 spiro atoms. The van der Waals surface area contributed by atoms with Crippen molar-refractivity contribution in [2.75, 3.05) is 11.1 Å². The van der Waals surface area contributed by atoms with Crippen LogP contribution in [0.25, 0.3) is 11.0 Å². The quantitative estimate of drug-likeness (QED) is 0.694. The van der Waals surface area contributed by atoms with E-state index >= 15 is 0 Å². The molecule has 14 heavy (non-hydrogen) atoms. The Hall–Kier alpha value is -1.30. The Morgan fingerprint density at radius 3 is 3.00 bits per heavy atom. The average molecular weight is 257 g/mol. The van der Waals surface area contributed by atoms with E-state index < -0.39 is 0 Å². The van der Waals surface area contributed by atoms with E-state index in [4.69, 9.17) is 5.73 Å². The number of nitrogen functional groups attached to an aromatic ring is 1. The molecule has 0 amide bonds. The maximum atomic E-state index is 11.4. The molecule has 0 atom stereocenters. The van der Waals surface area contributed by atoms with Crippen LogP contribution in [0.2, 0.25) is 0 Å². The number of H-pyrrole nitrogens is 2. The Morgan fingerprint density at radius 1 is 1.50 bits per heavy atom. The van der Waals surface area contributed by atoms with Gasteiger partial charge in [-0.3, -0.25) is 9.78 Å². The van der Waals surface area contributed by atoms with Crippen LogP contribution in [0, 0.1) is 0 Å². The van der Waals surface area contributed by atoms with E-state index in [-0.39, 0.29) is 11.5 Å². The predicted octanol–water partition coefficient (Wildman–Crippen LogP) is 0.771. The molecule has 0 aromatic carbocycles. The van der Waals surface area contributed by atoms with Crippen molar-refractivity contribution in [3.8, 4) is 0 Å². The first-order valence-corrected chi connectivity index (χ1v) is 5.26. The molecule has 0 saturated carbocycles. The maximum absolute atomic E-state index is 11.4. The number of nitrogens with two attached hydrogens (primary N) is 1. The summed E-state index contributed by atoms with van der Waals surface area (Å²) in [6.07, 6.45) is 0.829. The van der Waals surface area contributed by atoms with Gasteiger partial charge in [-0.05, 0) is 12.5 Å². The number of nitrogens with one attached hydrogen (secondary N) is 2. The standard InChI is InChI=1S/C8H9BrN4O/c9-2-1-4-3-5-6(11-4)12-8(10)13-7(5)14/h3H,1-2H2,(H4,10,11,12,13,14). The van der Waals surface area contributed by atoms with Crippen molar-refractivity contribution >= 4 is 32.9 Å². The van der Waals surface area contributed by atoms with E-state index in [1.54, 1.807) is 6.07 Å². The van der Waals surface area contributed by atoms with Crippen LogP contribution < -0.4 is 11.3 Å². The summed E-state index contributed by atoms with van der Waals surface area (Å²) in [7, 11) is 0. The summed E-state index contributed by atoms with van der Waals surface area (Å²) in [5.74, 6) is 0.134. The van der Waals surface area contributed by atoms with Crippen molar-refractivity contribution in [1.82, 2.24) is 15.0 Å². The topological polar surface area (TPSA) is 87.6 Å². The smallest absolute Gasteiger partial charge is 0.261 e. The zero-order chi connectivity index (χ0) is 10.1. The Kier molecular flexibility index (Phi) is 2.28. The minimum absolute atomic E-state index is 0.134. The number of aryl methyl sites for hydroxylation is 1. The van der Waals surface area contributed by atoms with Crippen LogP contribution in [0.1, 0.15) is 5.69 Å². The minimum atomic E-state index is -0.204. The Balaban J connectivity index is 2.65. The van der Waals surface area contributed by atoms with Gasteiger partial charge in [0.15, 0.2) is 0 Å². The number of anilines is 1. The fraction of sp³-hybridized carbons (Fsp3) is 0.250. The maximum Gasteiger partial charge on any atom is 0.261 e. The molecule has 6 heteroatoms. The summed E-state index contributed by atoms with van der Waals surface area (Å²) in [4.78, 5) is 20.9. The Bertz CT molecular complexity index is 516. The van der Waals surface area contributed by atoms with Gasteiger partial charge in [-0.15, -0.1) is 0 Å². The molecule has 0 aliphatic heterocycles. The van der Waals surface area contributed by atoms with Crippen molar-refractivity contribution in [3.05, 3.63) is 22.1 Å². The fourth-order valence-corrected chi connectivity index (χ4v) is 1.76. The minimum Gasteiger partial charge on any atom is -0.369 e. The number of halogens is 1. The first-order valence-electron chi connectivity index (χ1n) is 4.14. The van der Waals surface area contributed by atoms with Gasteiger partial charge in [-0.2, -0.15) is 4.98 Å². The number of hydrogen-bond acceptors (Lipinski definition) is 3. The summed E-state index contributed by atoms with van der Waals surface area (Å²) in [5.41, 5.74) is 6.72. The third-order valence-corrected chi connectivity index (χ3v) is 2.33. The van der Waals surface area contributed by atoms with Crippen molar-refractivity contribution in [3.63, 3.8) is 0 Å². The summed E-state index contributed by atoms with van der Waals surface area (Å²) in [6.45, 7) is 0. The van der Waals surface area contributed by atoms with Crippen LogP contribution in [0.15, 0.2) is 10.9 Å².